The lowest BCUT2D eigenvalue weighted by Gasteiger charge is -2.25. The predicted octanol–water partition coefficient (Wildman–Crippen LogP) is 3.47. The van der Waals surface area contributed by atoms with Crippen LogP contribution in [0.5, 0.6) is 0 Å². The van der Waals surface area contributed by atoms with Crippen LogP contribution in [0.2, 0.25) is 0 Å². The second kappa shape index (κ2) is 7.22. The van der Waals surface area contributed by atoms with Crippen LogP contribution in [-0.4, -0.2) is 29.7 Å². The van der Waals surface area contributed by atoms with E-state index < -0.39 is 0 Å². The SMILES string of the molecule is CC1(C)CCOC1CCNC(=O)c1ccc(Cn2cccc2)cc1. The second-order valence-electron chi connectivity index (χ2n) is 7.19. The molecule has 128 valence electrons. The van der Waals surface area contributed by atoms with Gasteiger partial charge in [0.05, 0.1) is 6.10 Å². The Morgan fingerprint density at radius 2 is 1.96 bits per heavy atom. The van der Waals surface area contributed by atoms with Crippen LogP contribution in [0.15, 0.2) is 48.8 Å². The van der Waals surface area contributed by atoms with Crippen molar-refractivity contribution in [1.29, 1.82) is 0 Å². The monoisotopic (exact) mass is 326 g/mol. The number of nitrogens with one attached hydrogen (secondary N) is 1. The Morgan fingerprint density at radius 1 is 1.25 bits per heavy atom. The fourth-order valence-corrected chi connectivity index (χ4v) is 3.19. The van der Waals surface area contributed by atoms with E-state index in [1.165, 1.54) is 5.56 Å². The lowest BCUT2D eigenvalue weighted by atomic mass is 9.84. The van der Waals surface area contributed by atoms with Crippen molar-refractivity contribution in [2.75, 3.05) is 13.2 Å². The van der Waals surface area contributed by atoms with E-state index in [-0.39, 0.29) is 17.4 Å². The number of carbonyl (C=O) groups excluding carboxylic acids is 1. The van der Waals surface area contributed by atoms with Crippen molar-refractivity contribution in [3.63, 3.8) is 0 Å². The Labute approximate surface area is 143 Å². The van der Waals surface area contributed by atoms with E-state index in [0.29, 0.717) is 12.1 Å². The molecule has 1 amide bonds. The van der Waals surface area contributed by atoms with E-state index in [9.17, 15) is 4.79 Å². The first-order chi connectivity index (χ1) is 11.5. The highest BCUT2D eigenvalue weighted by Gasteiger charge is 2.35. The second-order valence-corrected chi connectivity index (χ2v) is 7.19. The molecule has 1 aromatic carbocycles. The van der Waals surface area contributed by atoms with Gasteiger partial charge in [-0.1, -0.05) is 26.0 Å². The van der Waals surface area contributed by atoms with Crippen LogP contribution in [0.25, 0.3) is 0 Å². The molecule has 1 aliphatic heterocycles. The summed E-state index contributed by atoms with van der Waals surface area (Å²) in [4.78, 5) is 12.3. The van der Waals surface area contributed by atoms with Crippen molar-refractivity contribution in [3.8, 4) is 0 Å². The van der Waals surface area contributed by atoms with Crippen molar-refractivity contribution in [1.82, 2.24) is 9.88 Å². The lowest BCUT2D eigenvalue weighted by molar-refractivity contribution is 0.0564. The van der Waals surface area contributed by atoms with E-state index in [1.807, 2.05) is 48.8 Å². The molecule has 1 N–H and O–H groups in total. The van der Waals surface area contributed by atoms with E-state index in [4.69, 9.17) is 4.74 Å². The third kappa shape index (κ3) is 4.06. The topological polar surface area (TPSA) is 43.3 Å². The van der Waals surface area contributed by atoms with E-state index >= 15 is 0 Å². The smallest absolute Gasteiger partial charge is 0.251 e. The van der Waals surface area contributed by atoms with Gasteiger partial charge in [-0.3, -0.25) is 4.79 Å². The minimum absolute atomic E-state index is 0.0154. The van der Waals surface area contributed by atoms with E-state index in [2.05, 4.69) is 23.7 Å². The van der Waals surface area contributed by atoms with Crippen LogP contribution >= 0.6 is 0 Å². The molecule has 1 unspecified atom stereocenters. The fourth-order valence-electron chi connectivity index (χ4n) is 3.19. The summed E-state index contributed by atoms with van der Waals surface area (Å²) in [5.74, 6) is -0.0154. The molecule has 0 spiro atoms. The molecular formula is C20H26N2O2. The molecular weight excluding hydrogens is 300 g/mol. The van der Waals surface area contributed by atoms with Crippen LogP contribution in [-0.2, 0) is 11.3 Å². The molecule has 1 fully saturated rings. The van der Waals surface area contributed by atoms with Crippen LogP contribution in [0, 0.1) is 5.41 Å². The minimum Gasteiger partial charge on any atom is -0.378 e. The highest BCUT2D eigenvalue weighted by molar-refractivity contribution is 5.94. The van der Waals surface area contributed by atoms with Gasteiger partial charge in [-0.05, 0) is 48.1 Å². The molecule has 1 aliphatic rings. The number of benzene rings is 1. The normalized spacial score (nSPS) is 19.3. The Balaban J connectivity index is 1.48. The van der Waals surface area contributed by atoms with Crippen molar-refractivity contribution in [2.24, 2.45) is 5.41 Å². The maximum absolute atomic E-state index is 12.3. The average Bonchev–Trinajstić information content (AvgIpc) is 3.18. The van der Waals surface area contributed by atoms with Gasteiger partial charge in [-0.2, -0.15) is 0 Å². The van der Waals surface area contributed by atoms with Crippen molar-refractivity contribution >= 4 is 5.91 Å². The summed E-state index contributed by atoms with van der Waals surface area (Å²) >= 11 is 0. The lowest BCUT2D eigenvalue weighted by Crippen LogP contribution is -2.31. The molecule has 4 nitrogen and oxygen atoms in total. The van der Waals surface area contributed by atoms with Gasteiger partial charge in [0, 0.05) is 37.7 Å². The zero-order chi connectivity index (χ0) is 17.0. The first kappa shape index (κ1) is 16.8. The first-order valence-electron chi connectivity index (χ1n) is 8.64. The number of amides is 1. The summed E-state index contributed by atoms with van der Waals surface area (Å²) < 4.78 is 7.88. The number of hydrogen-bond acceptors (Lipinski definition) is 2. The zero-order valence-corrected chi connectivity index (χ0v) is 14.5. The third-order valence-corrected chi connectivity index (χ3v) is 4.88. The van der Waals surface area contributed by atoms with Crippen molar-refractivity contribution in [2.45, 2.75) is 39.3 Å². The van der Waals surface area contributed by atoms with Crippen LogP contribution in [0.3, 0.4) is 0 Å². The number of ether oxygens (including phenoxy) is 1. The largest absolute Gasteiger partial charge is 0.378 e. The Kier molecular flexibility index (Phi) is 5.05. The maximum atomic E-state index is 12.3. The van der Waals surface area contributed by atoms with Crippen molar-refractivity contribution < 1.29 is 9.53 Å². The van der Waals surface area contributed by atoms with Gasteiger partial charge in [-0.25, -0.2) is 0 Å². The number of hydrogen-bond donors (Lipinski definition) is 1. The number of aromatic nitrogens is 1. The Bertz CT molecular complexity index is 659. The van der Waals surface area contributed by atoms with Gasteiger partial charge in [0.2, 0.25) is 0 Å². The molecule has 2 heterocycles. The zero-order valence-electron chi connectivity index (χ0n) is 14.5. The highest BCUT2D eigenvalue weighted by atomic mass is 16.5. The molecule has 0 radical (unpaired) electrons. The minimum atomic E-state index is -0.0154. The quantitative estimate of drug-likeness (QED) is 0.883. The van der Waals surface area contributed by atoms with Crippen molar-refractivity contribution in [3.05, 3.63) is 59.9 Å². The summed E-state index contributed by atoms with van der Waals surface area (Å²) in [5, 5.41) is 3.00. The Morgan fingerprint density at radius 3 is 2.58 bits per heavy atom. The summed E-state index contributed by atoms with van der Waals surface area (Å²) in [6, 6.07) is 11.8. The Hall–Kier alpha value is -2.07. The molecule has 1 saturated heterocycles. The van der Waals surface area contributed by atoms with Gasteiger partial charge < -0.3 is 14.6 Å². The summed E-state index contributed by atoms with van der Waals surface area (Å²) in [7, 11) is 0. The average molecular weight is 326 g/mol. The fraction of sp³-hybridized carbons (Fsp3) is 0.450. The maximum Gasteiger partial charge on any atom is 0.251 e. The molecule has 1 atom stereocenters. The van der Waals surface area contributed by atoms with Gasteiger partial charge in [0.25, 0.3) is 5.91 Å². The summed E-state index contributed by atoms with van der Waals surface area (Å²) in [5.41, 5.74) is 2.10. The molecule has 0 saturated carbocycles. The highest BCUT2D eigenvalue weighted by Crippen LogP contribution is 2.35. The molecule has 0 bridgehead atoms. The van der Waals surface area contributed by atoms with Gasteiger partial charge >= 0.3 is 0 Å². The third-order valence-electron chi connectivity index (χ3n) is 4.88. The molecule has 24 heavy (non-hydrogen) atoms. The number of nitrogens with zero attached hydrogens (tertiary/aromatic N) is 1. The van der Waals surface area contributed by atoms with Gasteiger partial charge in [-0.15, -0.1) is 0 Å². The van der Waals surface area contributed by atoms with Crippen LogP contribution in [0.1, 0.15) is 42.6 Å². The molecule has 3 rings (SSSR count). The summed E-state index contributed by atoms with van der Waals surface area (Å²) in [6.45, 7) is 6.77. The first-order valence-corrected chi connectivity index (χ1v) is 8.64. The van der Waals surface area contributed by atoms with Crippen LogP contribution < -0.4 is 5.32 Å². The summed E-state index contributed by atoms with van der Waals surface area (Å²) in [6.07, 6.45) is 6.26. The standard InChI is InChI=1S/C20H26N2O2/c1-20(2)10-14-24-18(20)9-11-21-19(23)17-7-5-16(6-8-17)15-22-12-3-4-13-22/h3-8,12-13,18H,9-11,14-15H2,1-2H3,(H,21,23). The van der Waals surface area contributed by atoms with Crippen LogP contribution in [0.4, 0.5) is 0 Å². The van der Waals surface area contributed by atoms with E-state index in [0.717, 1.165) is 26.0 Å². The molecule has 0 aliphatic carbocycles. The molecule has 2 aromatic rings. The van der Waals surface area contributed by atoms with Gasteiger partial charge in [0.1, 0.15) is 0 Å². The predicted molar refractivity (Wildman–Crippen MR) is 95.1 cm³/mol. The van der Waals surface area contributed by atoms with Gasteiger partial charge in [0.15, 0.2) is 0 Å². The number of rotatable bonds is 6. The van der Waals surface area contributed by atoms with E-state index in [1.54, 1.807) is 0 Å². The molecule has 1 aromatic heterocycles. The number of carbonyl (C=O) groups is 1. The molecule has 4 heteroatoms.